The molecule has 1 aliphatic rings. The van der Waals surface area contributed by atoms with Crippen molar-refractivity contribution in [3.8, 4) is 0 Å². The molecule has 0 bridgehead atoms. The molecule has 1 saturated carbocycles. The SMILES string of the molecule is C=C(c1ccccc1)[C@H]1C[C@@H]1c1cccs1. The quantitative estimate of drug-likeness (QED) is 0.719. The smallest absolute Gasteiger partial charge is 0.00825 e. The van der Waals surface area contributed by atoms with Gasteiger partial charge in [-0.1, -0.05) is 43.0 Å². The minimum Gasteiger partial charge on any atom is -0.149 e. The van der Waals surface area contributed by atoms with Gasteiger partial charge in [0, 0.05) is 10.8 Å². The van der Waals surface area contributed by atoms with Crippen molar-refractivity contribution >= 4 is 16.9 Å². The van der Waals surface area contributed by atoms with E-state index in [-0.39, 0.29) is 0 Å². The highest BCUT2D eigenvalue weighted by Crippen LogP contribution is 2.55. The van der Waals surface area contributed by atoms with Crippen LogP contribution in [0, 0.1) is 5.92 Å². The number of benzene rings is 1. The second-order valence-electron chi connectivity index (χ2n) is 4.36. The average Bonchev–Trinajstić information content (AvgIpc) is 2.95. The Morgan fingerprint density at radius 2 is 1.94 bits per heavy atom. The van der Waals surface area contributed by atoms with Crippen LogP contribution in [0.1, 0.15) is 22.8 Å². The third-order valence-electron chi connectivity index (χ3n) is 3.29. The zero-order valence-corrected chi connectivity index (χ0v) is 9.91. The molecule has 1 fully saturated rings. The fraction of sp³-hybridized carbons (Fsp3) is 0.200. The molecular weight excluding hydrogens is 212 g/mol. The Bertz CT molecular complexity index is 481. The van der Waals surface area contributed by atoms with E-state index in [1.54, 1.807) is 0 Å². The molecule has 0 N–H and O–H groups in total. The molecule has 80 valence electrons. The van der Waals surface area contributed by atoms with Crippen LogP contribution in [0.2, 0.25) is 0 Å². The maximum absolute atomic E-state index is 4.25. The fourth-order valence-corrected chi connectivity index (χ4v) is 3.17. The van der Waals surface area contributed by atoms with E-state index >= 15 is 0 Å². The van der Waals surface area contributed by atoms with Crippen LogP contribution in [0.15, 0.2) is 54.4 Å². The minimum atomic E-state index is 0.668. The van der Waals surface area contributed by atoms with Crippen LogP contribution >= 0.6 is 11.3 Å². The molecular formula is C15H14S. The maximum atomic E-state index is 4.25. The van der Waals surface area contributed by atoms with Crippen LogP contribution < -0.4 is 0 Å². The van der Waals surface area contributed by atoms with Crippen molar-refractivity contribution in [1.82, 2.24) is 0 Å². The van der Waals surface area contributed by atoms with Crippen molar-refractivity contribution in [1.29, 1.82) is 0 Å². The van der Waals surface area contributed by atoms with E-state index < -0.39 is 0 Å². The summed E-state index contributed by atoms with van der Waals surface area (Å²) in [6.07, 6.45) is 1.27. The molecule has 0 amide bonds. The van der Waals surface area contributed by atoms with Gasteiger partial charge in [0.1, 0.15) is 0 Å². The number of allylic oxidation sites excluding steroid dienone is 1. The van der Waals surface area contributed by atoms with Crippen LogP contribution in [0.4, 0.5) is 0 Å². The first-order chi connectivity index (χ1) is 7.86. The number of thiophene rings is 1. The standard InChI is InChI=1S/C15H14S/c1-11(12-6-3-2-4-7-12)13-10-14(13)15-8-5-9-16-15/h2-9,13-14H,1,10H2/t13-,14+/m1/s1. The van der Waals surface area contributed by atoms with Gasteiger partial charge < -0.3 is 0 Å². The van der Waals surface area contributed by atoms with Crippen molar-refractivity contribution in [2.24, 2.45) is 5.92 Å². The molecule has 3 rings (SSSR count). The van der Waals surface area contributed by atoms with Crippen LogP contribution in [-0.2, 0) is 0 Å². The van der Waals surface area contributed by atoms with E-state index in [1.165, 1.54) is 22.4 Å². The van der Waals surface area contributed by atoms with Gasteiger partial charge in [-0.2, -0.15) is 0 Å². The van der Waals surface area contributed by atoms with Gasteiger partial charge in [-0.05, 0) is 34.9 Å². The highest BCUT2D eigenvalue weighted by atomic mass is 32.1. The number of hydrogen-bond acceptors (Lipinski definition) is 1. The van der Waals surface area contributed by atoms with Crippen LogP contribution in [0.3, 0.4) is 0 Å². The lowest BCUT2D eigenvalue weighted by Gasteiger charge is -2.04. The molecule has 1 heteroatoms. The Morgan fingerprint density at radius 1 is 1.12 bits per heavy atom. The summed E-state index contributed by atoms with van der Waals surface area (Å²) >= 11 is 1.87. The zero-order valence-electron chi connectivity index (χ0n) is 9.10. The van der Waals surface area contributed by atoms with E-state index in [4.69, 9.17) is 0 Å². The van der Waals surface area contributed by atoms with Gasteiger partial charge in [-0.25, -0.2) is 0 Å². The molecule has 0 nitrogen and oxygen atoms in total. The van der Waals surface area contributed by atoms with Gasteiger partial charge >= 0.3 is 0 Å². The molecule has 1 heterocycles. The first kappa shape index (κ1) is 9.86. The summed E-state index contributed by atoms with van der Waals surface area (Å²) in [5, 5.41) is 2.16. The van der Waals surface area contributed by atoms with Gasteiger partial charge in [-0.3, -0.25) is 0 Å². The van der Waals surface area contributed by atoms with Crippen molar-refractivity contribution < 1.29 is 0 Å². The summed E-state index contributed by atoms with van der Waals surface area (Å²) in [6, 6.07) is 14.9. The monoisotopic (exact) mass is 226 g/mol. The predicted octanol–water partition coefficient (Wildman–Crippen LogP) is 4.57. The molecule has 2 aromatic rings. The van der Waals surface area contributed by atoms with Crippen LogP contribution in [0.5, 0.6) is 0 Å². The van der Waals surface area contributed by atoms with E-state index in [2.05, 4.69) is 54.4 Å². The normalized spacial score (nSPS) is 23.0. The molecule has 0 spiro atoms. The van der Waals surface area contributed by atoms with E-state index in [9.17, 15) is 0 Å². The summed E-state index contributed by atoms with van der Waals surface area (Å²) in [4.78, 5) is 1.52. The highest BCUT2D eigenvalue weighted by molar-refractivity contribution is 7.10. The largest absolute Gasteiger partial charge is 0.149 e. The maximum Gasteiger partial charge on any atom is 0.00825 e. The number of rotatable bonds is 3. The van der Waals surface area contributed by atoms with Crippen molar-refractivity contribution in [2.45, 2.75) is 12.3 Å². The second-order valence-corrected chi connectivity index (χ2v) is 5.33. The second kappa shape index (κ2) is 3.91. The first-order valence-corrected chi connectivity index (χ1v) is 6.52. The molecule has 0 radical (unpaired) electrons. The molecule has 0 aliphatic heterocycles. The Hall–Kier alpha value is -1.34. The third-order valence-corrected chi connectivity index (χ3v) is 4.30. The zero-order chi connectivity index (χ0) is 11.0. The average molecular weight is 226 g/mol. The summed E-state index contributed by atoms with van der Waals surface area (Å²) in [5.41, 5.74) is 2.60. The lowest BCUT2D eigenvalue weighted by molar-refractivity contribution is 1.06. The number of hydrogen-bond donors (Lipinski definition) is 0. The van der Waals surface area contributed by atoms with Crippen LogP contribution in [0.25, 0.3) is 5.57 Å². The first-order valence-electron chi connectivity index (χ1n) is 5.64. The fourth-order valence-electron chi connectivity index (χ4n) is 2.26. The Balaban J connectivity index is 1.76. The molecule has 1 aromatic heterocycles. The summed E-state index contributed by atoms with van der Waals surface area (Å²) in [7, 11) is 0. The van der Waals surface area contributed by atoms with Gasteiger partial charge in [-0.15, -0.1) is 11.3 Å². The molecule has 0 unspecified atom stereocenters. The van der Waals surface area contributed by atoms with Gasteiger partial charge in [0.05, 0.1) is 0 Å². The predicted molar refractivity (Wildman–Crippen MR) is 70.6 cm³/mol. The van der Waals surface area contributed by atoms with Gasteiger partial charge in [0.2, 0.25) is 0 Å². The van der Waals surface area contributed by atoms with Gasteiger partial charge in [0.15, 0.2) is 0 Å². The molecule has 1 aliphatic carbocycles. The summed E-state index contributed by atoms with van der Waals surface area (Å²) in [5.74, 6) is 1.40. The third kappa shape index (κ3) is 1.72. The topological polar surface area (TPSA) is 0 Å². The highest BCUT2D eigenvalue weighted by Gasteiger charge is 2.40. The molecule has 16 heavy (non-hydrogen) atoms. The van der Waals surface area contributed by atoms with Crippen molar-refractivity contribution in [3.63, 3.8) is 0 Å². The van der Waals surface area contributed by atoms with E-state index in [1.807, 2.05) is 11.3 Å². The van der Waals surface area contributed by atoms with Crippen LogP contribution in [-0.4, -0.2) is 0 Å². The minimum absolute atomic E-state index is 0.668. The van der Waals surface area contributed by atoms with Gasteiger partial charge in [0.25, 0.3) is 0 Å². The van der Waals surface area contributed by atoms with Crippen molar-refractivity contribution in [3.05, 3.63) is 64.9 Å². The Kier molecular flexibility index (Phi) is 2.41. The van der Waals surface area contributed by atoms with E-state index in [0.717, 1.165) is 5.92 Å². The molecule has 1 aromatic carbocycles. The van der Waals surface area contributed by atoms with E-state index in [0.29, 0.717) is 5.92 Å². The lowest BCUT2D eigenvalue weighted by atomic mass is 10.0. The summed E-state index contributed by atoms with van der Waals surface area (Å²) < 4.78 is 0. The molecule has 2 atom stereocenters. The Labute approximate surface area is 100 Å². The lowest BCUT2D eigenvalue weighted by Crippen LogP contribution is -1.86. The van der Waals surface area contributed by atoms with Crippen molar-refractivity contribution in [2.75, 3.05) is 0 Å². The summed E-state index contributed by atoms with van der Waals surface area (Å²) in [6.45, 7) is 4.25. The molecule has 0 saturated heterocycles. The Morgan fingerprint density at radius 3 is 2.62 bits per heavy atom.